The number of para-hydroxylation sites is 2. The number of nitrogens with zero attached hydrogens (tertiary/aromatic N) is 4. The van der Waals surface area contributed by atoms with Crippen molar-refractivity contribution in [2.24, 2.45) is 7.05 Å². The fourth-order valence-electron chi connectivity index (χ4n) is 7.60. The summed E-state index contributed by atoms with van der Waals surface area (Å²) in [5, 5.41) is 1.60. The van der Waals surface area contributed by atoms with Gasteiger partial charge in [-0.25, -0.2) is 18.7 Å². The Hall–Kier alpha value is -7.10. The van der Waals surface area contributed by atoms with E-state index in [4.69, 9.17) is 23.2 Å². The predicted molar refractivity (Wildman–Crippen MR) is 250 cm³/mol. The molecule has 10 heteroatoms. The van der Waals surface area contributed by atoms with E-state index in [-0.39, 0.29) is 28.8 Å². The van der Waals surface area contributed by atoms with E-state index in [1.165, 1.54) is 9.13 Å². The summed E-state index contributed by atoms with van der Waals surface area (Å²) < 4.78 is 5.59. The topological polar surface area (TPSA) is 88.0 Å². The molecular formula is C52H40Cl2N4O4. The minimum atomic E-state index is -0.435. The summed E-state index contributed by atoms with van der Waals surface area (Å²) in [6.07, 6.45) is 2.95. The Kier molecular flexibility index (Phi) is 12.0. The monoisotopic (exact) mass is 854 g/mol. The Morgan fingerprint density at radius 2 is 1.03 bits per heavy atom. The van der Waals surface area contributed by atoms with E-state index in [0.29, 0.717) is 54.4 Å². The second kappa shape index (κ2) is 17.9. The molecule has 0 spiro atoms. The van der Waals surface area contributed by atoms with Crippen molar-refractivity contribution in [3.8, 4) is 35.1 Å². The lowest BCUT2D eigenvalue weighted by atomic mass is 9.92. The smallest absolute Gasteiger partial charge is 0.296 e. The maximum atomic E-state index is 13.4. The Balaban J connectivity index is 0.000000171. The number of fused-ring (bicyclic) bond motifs is 2. The first kappa shape index (κ1) is 41.6. The predicted octanol–water partition coefficient (Wildman–Crippen LogP) is 9.80. The molecule has 8 aromatic rings. The van der Waals surface area contributed by atoms with E-state index < -0.39 is 5.69 Å². The molecule has 62 heavy (non-hydrogen) atoms. The summed E-state index contributed by atoms with van der Waals surface area (Å²) in [6.45, 7) is 4.08. The third-order valence-corrected chi connectivity index (χ3v) is 11.6. The highest BCUT2D eigenvalue weighted by Crippen LogP contribution is 2.32. The van der Waals surface area contributed by atoms with Gasteiger partial charge < -0.3 is 0 Å². The lowest BCUT2D eigenvalue weighted by Crippen LogP contribution is -2.42. The van der Waals surface area contributed by atoms with Gasteiger partial charge in [0, 0.05) is 35.3 Å². The molecule has 8 nitrogen and oxygen atoms in total. The van der Waals surface area contributed by atoms with Crippen LogP contribution in [0.1, 0.15) is 72.9 Å². The van der Waals surface area contributed by atoms with E-state index in [0.717, 1.165) is 40.5 Å². The molecule has 1 fully saturated rings. The summed E-state index contributed by atoms with van der Waals surface area (Å²) >= 11 is 13.0. The third kappa shape index (κ3) is 8.19. The van der Waals surface area contributed by atoms with Crippen LogP contribution in [-0.2, 0) is 7.05 Å². The minimum absolute atomic E-state index is 0.110. The van der Waals surface area contributed by atoms with Gasteiger partial charge in [0.05, 0.1) is 43.2 Å². The van der Waals surface area contributed by atoms with Crippen LogP contribution >= 0.6 is 23.2 Å². The first-order valence-electron chi connectivity index (χ1n) is 20.3. The van der Waals surface area contributed by atoms with Crippen molar-refractivity contribution in [3.05, 3.63) is 219 Å². The highest BCUT2D eigenvalue weighted by atomic mass is 35.5. The van der Waals surface area contributed by atoms with Gasteiger partial charge in [0.2, 0.25) is 0 Å². The summed E-state index contributed by atoms with van der Waals surface area (Å²) in [5.74, 6) is 12.5. The normalized spacial score (nSPS) is 12.2. The van der Waals surface area contributed by atoms with Gasteiger partial charge in [0.25, 0.3) is 11.1 Å². The quantitative estimate of drug-likeness (QED) is 0.165. The van der Waals surface area contributed by atoms with Gasteiger partial charge in [-0.3, -0.25) is 18.7 Å². The molecule has 1 aliphatic rings. The molecule has 0 bridgehead atoms. The van der Waals surface area contributed by atoms with Crippen molar-refractivity contribution >= 4 is 45.0 Å². The van der Waals surface area contributed by atoms with Crippen molar-refractivity contribution in [2.45, 2.75) is 45.1 Å². The molecule has 0 aliphatic heterocycles. The van der Waals surface area contributed by atoms with Gasteiger partial charge in [0.1, 0.15) is 0 Å². The van der Waals surface area contributed by atoms with Gasteiger partial charge in [-0.1, -0.05) is 121 Å². The van der Waals surface area contributed by atoms with Crippen LogP contribution < -0.4 is 22.5 Å². The SMILES string of the molecule is CC(C)c1cccc2c(=O)n(-c3ccc(C#Cc4ccccc4)cc3Cl)c(=O)n(C)c12.O=c1c2ccccc2n(C2CCC2)c(=O)n1-c1ccc(C#Cc2ccccc2)cc1Cl. The fourth-order valence-corrected chi connectivity index (χ4v) is 8.13. The summed E-state index contributed by atoms with van der Waals surface area (Å²) in [4.78, 5) is 53.1. The zero-order chi connectivity index (χ0) is 43.5. The minimum Gasteiger partial charge on any atom is -0.296 e. The van der Waals surface area contributed by atoms with Crippen LogP contribution in [0.5, 0.6) is 0 Å². The molecule has 6 aromatic carbocycles. The van der Waals surface area contributed by atoms with Crippen LogP contribution in [-0.4, -0.2) is 18.3 Å². The molecule has 0 N–H and O–H groups in total. The summed E-state index contributed by atoms with van der Waals surface area (Å²) in [7, 11) is 1.68. The van der Waals surface area contributed by atoms with Crippen molar-refractivity contribution in [3.63, 3.8) is 0 Å². The van der Waals surface area contributed by atoms with E-state index >= 15 is 0 Å². The van der Waals surface area contributed by atoms with Crippen molar-refractivity contribution in [1.29, 1.82) is 0 Å². The Bertz CT molecular complexity index is 3390. The molecule has 0 radical (unpaired) electrons. The standard InChI is InChI=1S/C26H19ClN2O2.C26H21ClN2O2/c27-22-17-19(14-13-18-7-2-1-3-8-18)15-16-24(22)29-25(30)21-11-4-5-12-23(21)28(26(29)31)20-9-6-10-20;1-17(2)20-10-7-11-21-24(20)28(3)26(31)29(25(21)30)23-15-14-19(16-22(23)27)13-12-18-8-5-4-6-9-18/h1-5,7-8,11-12,15-17,20H,6,9-10H2;4-11,14-17H,1-3H3. The Morgan fingerprint density at radius 3 is 1.55 bits per heavy atom. The van der Waals surface area contributed by atoms with Crippen LogP contribution in [0.4, 0.5) is 0 Å². The highest BCUT2D eigenvalue weighted by molar-refractivity contribution is 6.32. The maximum Gasteiger partial charge on any atom is 0.336 e. The maximum absolute atomic E-state index is 13.4. The molecule has 0 saturated heterocycles. The molecule has 9 rings (SSSR count). The van der Waals surface area contributed by atoms with Crippen LogP contribution in [0.3, 0.4) is 0 Å². The molecular weight excluding hydrogens is 816 g/mol. The average molecular weight is 856 g/mol. The lowest BCUT2D eigenvalue weighted by Gasteiger charge is -2.29. The van der Waals surface area contributed by atoms with Crippen molar-refractivity contribution in [1.82, 2.24) is 18.3 Å². The number of rotatable bonds is 4. The molecule has 1 aliphatic carbocycles. The number of hydrogen-bond acceptors (Lipinski definition) is 4. The number of aromatic nitrogens is 4. The molecule has 2 heterocycles. The van der Waals surface area contributed by atoms with E-state index in [1.807, 2.05) is 105 Å². The average Bonchev–Trinajstić information content (AvgIpc) is 3.27. The summed E-state index contributed by atoms with van der Waals surface area (Å²) in [6, 6.07) is 42.5. The highest BCUT2D eigenvalue weighted by Gasteiger charge is 2.26. The van der Waals surface area contributed by atoms with Gasteiger partial charge in [-0.05, 0) is 110 Å². The van der Waals surface area contributed by atoms with Crippen molar-refractivity contribution < 1.29 is 0 Å². The lowest BCUT2D eigenvalue weighted by molar-refractivity contribution is 0.309. The van der Waals surface area contributed by atoms with Crippen LogP contribution in [0.25, 0.3) is 33.2 Å². The molecule has 1 saturated carbocycles. The zero-order valence-electron chi connectivity index (χ0n) is 34.2. The Labute approximate surface area is 367 Å². The van der Waals surface area contributed by atoms with Crippen molar-refractivity contribution in [2.75, 3.05) is 0 Å². The summed E-state index contributed by atoms with van der Waals surface area (Å²) in [5.41, 5.74) is 4.69. The van der Waals surface area contributed by atoms with E-state index in [1.54, 1.807) is 60.1 Å². The third-order valence-electron chi connectivity index (χ3n) is 11.0. The second-order valence-electron chi connectivity index (χ2n) is 15.3. The number of benzene rings is 6. The Morgan fingerprint density at radius 1 is 0.548 bits per heavy atom. The van der Waals surface area contributed by atoms with Gasteiger partial charge in [-0.2, -0.15) is 0 Å². The first-order chi connectivity index (χ1) is 30.0. The molecule has 0 unspecified atom stereocenters. The zero-order valence-corrected chi connectivity index (χ0v) is 35.7. The van der Waals surface area contributed by atoms with E-state index in [2.05, 4.69) is 23.7 Å². The van der Waals surface area contributed by atoms with Crippen LogP contribution in [0.2, 0.25) is 10.0 Å². The molecule has 0 atom stereocenters. The first-order valence-corrected chi connectivity index (χ1v) is 21.0. The van der Waals surface area contributed by atoms with Gasteiger partial charge >= 0.3 is 11.4 Å². The molecule has 0 amide bonds. The van der Waals surface area contributed by atoms with Gasteiger partial charge in [-0.15, -0.1) is 0 Å². The fraction of sp³-hybridized carbons (Fsp3) is 0.154. The number of hydrogen-bond donors (Lipinski definition) is 0. The number of aryl methyl sites for hydroxylation is 1. The molecule has 2 aromatic heterocycles. The van der Waals surface area contributed by atoms with Gasteiger partial charge in [0.15, 0.2) is 0 Å². The molecule has 306 valence electrons. The largest absolute Gasteiger partial charge is 0.336 e. The van der Waals surface area contributed by atoms with E-state index in [9.17, 15) is 19.2 Å². The van der Waals surface area contributed by atoms with Crippen LogP contribution in [0, 0.1) is 23.7 Å². The number of halogens is 2. The van der Waals surface area contributed by atoms with Crippen LogP contribution in [0.15, 0.2) is 159 Å². The second-order valence-corrected chi connectivity index (χ2v) is 16.2.